The van der Waals surface area contributed by atoms with Crippen LogP contribution in [0.3, 0.4) is 0 Å². The van der Waals surface area contributed by atoms with E-state index < -0.39 is 0 Å². The summed E-state index contributed by atoms with van der Waals surface area (Å²) in [5.41, 5.74) is 0. The van der Waals surface area contributed by atoms with Gasteiger partial charge < -0.3 is 19.7 Å². The van der Waals surface area contributed by atoms with E-state index in [1.165, 1.54) is 0 Å². The lowest BCUT2D eigenvalue weighted by Crippen LogP contribution is -2.44. The molecular formula is C17H32N2O4. The Bertz CT molecular complexity index is 366. The number of carbonyl (C=O) groups is 2. The van der Waals surface area contributed by atoms with E-state index in [2.05, 4.69) is 19.2 Å². The maximum absolute atomic E-state index is 12.4. The number of nitrogens with one attached hydrogen (secondary N) is 1. The maximum Gasteiger partial charge on any atom is 0.225 e. The van der Waals surface area contributed by atoms with Gasteiger partial charge in [-0.2, -0.15) is 0 Å². The lowest BCUT2D eigenvalue weighted by Gasteiger charge is -2.32. The quantitative estimate of drug-likeness (QED) is 0.650. The van der Waals surface area contributed by atoms with Gasteiger partial charge in [0.1, 0.15) is 0 Å². The Morgan fingerprint density at radius 1 is 1.26 bits per heavy atom. The highest BCUT2D eigenvalue weighted by molar-refractivity contribution is 5.80. The Morgan fingerprint density at radius 2 is 1.91 bits per heavy atom. The number of hydrogen-bond acceptors (Lipinski definition) is 4. The molecule has 1 heterocycles. The van der Waals surface area contributed by atoms with Gasteiger partial charge in [0.25, 0.3) is 0 Å². The van der Waals surface area contributed by atoms with Crippen molar-refractivity contribution in [2.75, 3.05) is 40.0 Å². The highest BCUT2D eigenvalue weighted by atomic mass is 16.5. The molecule has 1 rings (SSSR count). The van der Waals surface area contributed by atoms with Gasteiger partial charge in [-0.1, -0.05) is 13.8 Å². The van der Waals surface area contributed by atoms with Gasteiger partial charge in [-0.25, -0.2) is 0 Å². The van der Waals surface area contributed by atoms with Crippen LogP contribution in [0.2, 0.25) is 0 Å². The molecule has 0 spiro atoms. The van der Waals surface area contributed by atoms with Crippen LogP contribution in [0.4, 0.5) is 0 Å². The Balaban J connectivity index is 2.37. The highest BCUT2D eigenvalue weighted by Crippen LogP contribution is 2.20. The first kappa shape index (κ1) is 19.9. The average molecular weight is 328 g/mol. The molecule has 6 nitrogen and oxygen atoms in total. The van der Waals surface area contributed by atoms with Crippen LogP contribution in [0.15, 0.2) is 0 Å². The van der Waals surface area contributed by atoms with Gasteiger partial charge in [-0.3, -0.25) is 9.59 Å². The molecule has 2 amide bonds. The van der Waals surface area contributed by atoms with Gasteiger partial charge >= 0.3 is 0 Å². The third-order valence-corrected chi connectivity index (χ3v) is 4.32. The zero-order chi connectivity index (χ0) is 17.2. The highest BCUT2D eigenvalue weighted by Gasteiger charge is 2.28. The second-order valence-corrected chi connectivity index (χ2v) is 6.38. The molecule has 1 aliphatic rings. The van der Waals surface area contributed by atoms with E-state index in [0.717, 1.165) is 12.8 Å². The zero-order valence-electron chi connectivity index (χ0n) is 15.0. The fourth-order valence-corrected chi connectivity index (χ4v) is 2.81. The topological polar surface area (TPSA) is 67.9 Å². The van der Waals surface area contributed by atoms with Crippen LogP contribution < -0.4 is 5.32 Å². The molecule has 0 aromatic carbocycles. The molecule has 1 unspecified atom stereocenters. The largest absolute Gasteiger partial charge is 0.383 e. The average Bonchev–Trinajstić information content (AvgIpc) is 2.54. The van der Waals surface area contributed by atoms with Crippen LogP contribution in [0.5, 0.6) is 0 Å². The van der Waals surface area contributed by atoms with E-state index in [1.807, 2.05) is 11.8 Å². The molecule has 1 fully saturated rings. The molecule has 134 valence electrons. The standard InChI is InChI=1S/C17H32N2O4/c1-5-23-15(13(2)3)12-16(20)19-9-6-14(7-10-19)17(21)18-8-11-22-4/h13-15H,5-12H2,1-4H3,(H,18,21). The van der Waals surface area contributed by atoms with Gasteiger partial charge in [0.15, 0.2) is 0 Å². The summed E-state index contributed by atoms with van der Waals surface area (Å²) in [5.74, 6) is 0.533. The molecule has 0 bridgehead atoms. The molecule has 0 saturated carbocycles. The summed E-state index contributed by atoms with van der Waals surface area (Å²) in [7, 11) is 1.61. The summed E-state index contributed by atoms with van der Waals surface area (Å²) in [6.07, 6.45) is 1.86. The fraction of sp³-hybridized carbons (Fsp3) is 0.882. The third-order valence-electron chi connectivity index (χ3n) is 4.32. The van der Waals surface area contributed by atoms with Crippen molar-refractivity contribution in [2.24, 2.45) is 11.8 Å². The number of ether oxygens (including phenoxy) is 2. The van der Waals surface area contributed by atoms with Crippen molar-refractivity contribution in [3.8, 4) is 0 Å². The first-order chi connectivity index (χ1) is 11.0. The SMILES string of the molecule is CCOC(CC(=O)N1CCC(C(=O)NCCOC)CC1)C(C)C. The maximum atomic E-state index is 12.4. The van der Waals surface area contributed by atoms with Crippen molar-refractivity contribution in [1.82, 2.24) is 10.2 Å². The van der Waals surface area contributed by atoms with E-state index in [9.17, 15) is 9.59 Å². The van der Waals surface area contributed by atoms with Crippen molar-refractivity contribution in [1.29, 1.82) is 0 Å². The Kier molecular flexibility index (Phi) is 9.17. The van der Waals surface area contributed by atoms with Gasteiger partial charge in [-0.15, -0.1) is 0 Å². The second kappa shape index (κ2) is 10.6. The number of carbonyl (C=O) groups excluding carboxylic acids is 2. The summed E-state index contributed by atoms with van der Waals surface area (Å²) in [5, 5.41) is 2.87. The van der Waals surface area contributed by atoms with E-state index in [0.29, 0.717) is 45.2 Å². The van der Waals surface area contributed by atoms with Gasteiger partial charge in [0, 0.05) is 39.3 Å². The molecule has 23 heavy (non-hydrogen) atoms. The van der Waals surface area contributed by atoms with E-state index >= 15 is 0 Å². The summed E-state index contributed by atoms with van der Waals surface area (Å²) in [6, 6.07) is 0. The molecule has 1 N–H and O–H groups in total. The van der Waals surface area contributed by atoms with Crippen LogP contribution in [-0.2, 0) is 19.1 Å². The molecular weight excluding hydrogens is 296 g/mol. The van der Waals surface area contributed by atoms with Gasteiger partial charge in [0.2, 0.25) is 11.8 Å². The summed E-state index contributed by atoms with van der Waals surface area (Å²) in [4.78, 5) is 26.3. The number of amides is 2. The van der Waals surface area contributed by atoms with Crippen LogP contribution in [0, 0.1) is 11.8 Å². The molecule has 1 aliphatic heterocycles. The van der Waals surface area contributed by atoms with Crippen molar-refractivity contribution in [3.05, 3.63) is 0 Å². The second-order valence-electron chi connectivity index (χ2n) is 6.38. The first-order valence-electron chi connectivity index (χ1n) is 8.65. The number of methoxy groups -OCH3 is 1. The summed E-state index contributed by atoms with van der Waals surface area (Å²) < 4.78 is 10.6. The molecule has 0 aromatic heterocycles. The molecule has 1 saturated heterocycles. The molecule has 0 aliphatic carbocycles. The van der Waals surface area contributed by atoms with Crippen LogP contribution in [-0.4, -0.2) is 62.8 Å². The minimum Gasteiger partial charge on any atom is -0.383 e. The van der Waals surface area contributed by atoms with Crippen molar-refractivity contribution >= 4 is 11.8 Å². The molecule has 0 radical (unpaired) electrons. The Morgan fingerprint density at radius 3 is 2.43 bits per heavy atom. The fourth-order valence-electron chi connectivity index (χ4n) is 2.81. The van der Waals surface area contributed by atoms with E-state index in [4.69, 9.17) is 9.47 Å². The van der Waals surface area contributed by atoms with E-state index in [-0.39, 0.29) is 23.8 Å². The number of likely N-dealkylation sites (tertiary alicyclic amines) is 1. The minimum absolute atomic E-state index is 0.00342. The zero-order valence-corrected chi connectivity index (χ0v) is 15.0. The number of rotatable bonds is 9. The predicted molar refractivity (Wildman–Crippen MR) is 89.1 cm³/mol. The van der Waals surface area contributed by atoms with Crippen LogP contribution >= 0.6 is 0 Å². The van der Waals surface area contributed by atoms with Crippen molar-refractivity contribution < 1.29 is 19.1 Å². The number of piperidine rings is 1. The summed E-state index contributed by atoms with van der Waals surface area (Å²) in [6.45, 7) is 9.09. The van der Waals surface area contributed by atoms with Gasteiger partial charge in [0.05, 0.1) is 19.1 Å². The monoisotopic (exact) mass is 328 g/mol. The summed E-state index contributed by atoms with van der Waals surface area (Å²) >= 11 is 0. The Hall–Kier alpha value is -1.14. The Labute approximate surface area is 139 Å². The first-order valence-corrected chi connectivity index (χ1v) is 8.65. The predicted octanol–water partition coefficient (Wildman–Crippen LogP) is 1.44. The normalized spacial score (nSPS) is 17.3. The number of hydrogen-bond donors (Lipinski definition) is 1. The molecule has 0 aromatic rings. The minimum atomic E-state index is -0.0254. The molecule has 1 atom stereocenters. The van der Waals surface area contributed by atoms with Crippen molar-refractivity contribution in [3.63, 3.8) is 0 Å². The number of nitrogens with zero attached hydrogens (tertiary/aromatic N) is 1. The van der Waals surface area contributed by atoms with Crippen LogP contribution in [0.1, 0.15) is 40.0 Å². The smallest absolute Gasteiger partial charge is 0.225 e. The third kappa shape index (κ3) is 6.87. The van der Waals surface area contributed by atoms with Gasteiger partial charge in [-0.05, 0) is 25.7 Å². The lowest BCUT2D eigenvalue weighted by atomic mass is 9.95. The van der Waals surface area contributed by atoms with Crippen molar-refractivity contribution in [2.45, 2.75) is 46.1 Å². The lowest BCUT2D eigenvalue weighted by molar-refractivity contribution is -0.138. The molecule has 6 heteroatoms. The van der Waals surface area contributed by atoms with Crippen LogP contribution in [0.25, 0.3) is 0 Å². The van der Waals surface area contributed by atoms with E-state index in [1.54, 1.807) is 7.11 Å².